The van der Waals surface area contributed by atoms with Gasteiger partial charge in [0.1, 0.15) is 22.4 Å². The number of methoxy groups -OCH3 is 2. The molecular weight excluding hydrogens is 657 g/mol. The first-order chi connectivity index (χ1) is 24.2. The lowest BCUT2D eigenvalue weighted by Crippen LogP contribution is -2.30. The van der Waals surface area contributed by atoms with Gasteiger partial charge in [-0.3, -0.25) is 24.5 Å². The summed E-state index contributed by atoms with van der Waals surface area (Å²) in [5, 5.41) is 18.8. The van der Waals surface area contributed by atoms with Crippen LogP contribution in [0.2, 0.25) is 0 Å². The van der Waals surface area contributed by atoms with E-state index in [1.807, 2.05) is 30.3 Å². The quantitative estimate of drug-likeness (QED) is 0.0499. The Hall–Kier alpha value is -6.40. The minimum absolute atomic E-state index is 0.0316. The van der Waals surface area contributed by atoms with E-state index < -0.39 is 22.0 Å². The van der Waals surface area contributed by atoms with E-state index in [2.05, 4.69) is 16.0 Å². The number of anilines is 2. The monoisotopic (exact) mass is 688 g/mol. The number of carbonyl (C=O) groups excluding carboxylic acids is 3. The number of amides is 3. The van der Waals surface area contributed by atoms with Crippen LogP contribution in [0.15, 0.2) is 138 Å². The molecular formula is C38H32N4O7S. The molecule has 5 aromatic carbocycles. The van der Waals surface area contributed by atoms with Crippen LogP contribution in [0.3, 0.4) is 0 Å². The molecule has 0 spiro atoms. The molecule has 1 unspecified atom stereocenters. The zero-order chi connectivity index (χ0) is 35.5. The van der Waals surface area contributed by atoms with Gasteiger partial charge in [-0.05, 0) is 78.4 Å². The molecule has 0 saturated heterocycles. The average molecular weight is 689 g/mol. The first-order valence-electron chi connectivity index (χ1n) is 15.2. The lowest BCUT2D eigenvalue weighted by atomic mass is 10.1. The SMILES string of the molecule is COc1ccc(OC)c(/C=C(\NC(=O)c2ccccc2)C(=O)Nc2ccc(SC(C(=O)Nc3ccc([N+](=O)[O-])cc3)c3ccccc3)cc2)c1. The summed E-state index contributed by atoms with van der Waals surface area (Å²) in [6.07, 6.45) is 1.51. The van der Waals surface area contributed by atoms with Gasteiger partial charge in [0.15, 0.2) is 0 Å². The molecule has 11 nitrogen and oxygen atoms in total. The van der Waals surface area contributed by atoms with Gasteiger partial charge in [-0.25, -0.2) is 0 Å². The molecule has 0 aliphatic carbocycles. The van der Waals surface area contributed by atoms with Crippen molar-refractivity contribution >= 4 is 52.6 Å². The fourth-order valence-corrected chi connectivity index (χ4v) is 5.80. The minimum Gasteiger partial charge on any atom is -0.497 e. The number of nitro benzene ring substituents is 1. The highest BCUT2D eigenvalue weighted by Gasteiger charge is 2.23. The summed E-state index contributed by atoms with van der Waals surface area (Å²) >= 11 is 1.30. The van der Waals surface area contributed by atoms with Gasteiger partial charge in [-0.1, -0.05) is 48.5 Å². The number of ether oxygens (including phenoxy) is 2. The summed E-state index contributed by atoms with van der Waals surface area (Å²) in [7, 11) is 3.03. The summed E-state index contributed by atoms with van der Waals surface area (Å²) in [5.74, 6) is -0.361. The van der Waals surface area contributed by atoms with Crippen molar-refractivity contribution in [3.63, 3.8) is 0 Å². The van der Waals surface area contributed by atoms with E-state index >= 15 is 0 Å². The van der Waals surface area contributed by atoms with Crippen LogP contribution in [-0.2, 0) is 9.59 Å². The Balaban J connectivity index is 1.35. The van der Waals surface area contributed by atoms with Gasteiger partial charge in [-0.2, -0.15) is 0 Å². The normalized spacial score (nSPS) is 11.5. The van der Waals surface area contributed by atoms with E-state index in [9.17, 15) is 24.5 Å². The van der Waals surface area contributed by atoms with Gasteiger partial charge in [0.05, 0.1) is 19.1 Å². The second-order valence-electron chi connectivity index (χ2n) is 10.7. The second-order valence-corrected chi connectivity index (χ2v) is 11.8. The molecule has 3 amide bonds. The number of rotatable bonds is 13. The number of nitrogens with zero attached hydrogens (tertiary/aromatic N) is 1. The van der Waals surface area contributed by atoms with Crippen molar-refractivity contribution in [3.8, 4) is 11.5 Å². The number of hydrogen-bond donors (Lipinski definition) is 3. The number of nitro groups is 1. The van der Waals surface area contributed by atoms with Crippen molar-refractivity contribution in [1.29, 1.82) is 0 Å². The molecule has 5 aromatic rings. The third-order valence-electron chi connectivity index (χ3n) is 7.32. The maximum absolute atomic E-state index is 13.6. The molecule has 0 heterocycles. The van der Waals surface area contributed by atoms with Crippen LogP contribution >= 0.6 is 11.8 Å². The Kier molecular flexibility index (Phi) is 11.6. The minimum atomic E-state index is -0.660. The Morgan fingerprint density at radius 1 is 0.760 bits per heavy atom. The van der Waals surface area contributed by atoms with Crippen molar-refractivity contribution in [1.82, 2.24) is 5.32 Å². The number of benzene rings is 5. The highest BCUT2D eigenvalue weighted by Crippen LogP contribution is 2.37. The fraction of sp³-hybridized carbons (Fsp3) is 0.0789. The maximum Gasteiger partial charge on any atom is 0.272 e. The van der Waals surface area contributed by atoms with E-state index in [1.165, 1.54) is 56.3 Å². The predicted molar refractivity (Wildman–Crippen MR) is 193 cm³/mol. The lowest BCUT2D eigenvalue weighted by Gasteiger charge is -2.17. The highest BCUT2D eigenvalue weighted by atomic mass is 32.2. The molecule has 0 aliphatic heterocycles. The van der Waals surface area contributed by atoms with Crippen molar-refractivity contribution in [3.05, 3.63) is 160 Å². The van der Waals surface area contributed by atoms with Crippen LogP contribution in [0, 0.1) is 10.1 Å². The predicted octanol–water partition coefficient (Wildman–Crippen LogP) is 7.49. The number of carbonyl (C=O) groups is 3. The van der Waals surface area contributed by atoms with Crippen molar-refractivity contribution in [2.75, 3.05) is 24.9 Å². The number of thioether (sulfide) groups is 1. The van der Waals surface area contributed by atoms with Crippen LogP contribution in [0.4, 0.5) is 17.1 Å². The molecule has 0 saturated carbocycles. The first-order valence-corrected chi connectivity index (χ1v) is 16.1. The number of nitrogens with one attached hydrogen (secondary N) is 3. The Morgan fingerprint density at radius 3 is 2.00 bits per heavy atom. The third-order valence-corrected chi connectivity index (χ3v) is 8.58. The van der Waals surface area contributed by atoms with Gasteiger partial charge >= 0.3 is 0 Å². The van der Waals surface area contributed by atoms with Crippen LogP contribution in [0.25, 0.3) is 6.08 Å². The standard InChI is InChI=1S/C38H32N4O7S/c1-48-31-19-22-34(49-2)27(23-31)24-33(41-36(43)26-11-7-4-8-12-26)37(44)39-29-15-20-32(21-16-29)50-35(25-9-5-3-6-10-25)38(45)40-28-13-17-30(18-14-28)42(46)47/h3-24,35H,1-2H3,(H,39,44)(H,40,45)(H,41,43)/b33-24-. The van der Waals surface area contributed by atoms with E-state index in [1.54, 1.807) is 72.8 Å². The summed E-state index contributed by atoms with van der Waals surface area (Å²) < 4.78 is 10.8. The van der Waals surface area contributed by atoms with Gasteiger partial charge in [-0.15, -0.1) is 11.8 Å². The van der Waals surface area contributed by atoms with E-state index in [-0.39, 0.29) is 17.3 Å². The Labute approximate surface area is 292 Å². The van der Waals surface area contributed by atoms with Gasteiger partial charge in [0, 0.05) is 39.5 Å². The molecule has 5 rings (SSSR count). The first kappa shape index (κ1) is 34.9. The van der Waals surface area contributed by atoms with Crippen LogP contribution < -0.4 is 25.4 Å². The smallest absolute Gasteiger partial charge is 0.272 e. The molecule has 0 radical (unpaired) electrons. The topological polar surface area (TPSA) is 149 Å². The summed E-state index contributed by atoms with van der Waals surface area (Å²) in [5.41, 5.74) is 2.40. The van der Waals surface area contributed by atoms with E-state index in [0.717, 1.165) is 10.5 Å². The molecule has 1 atom stereocenters. The summed E-state index contributed by atoms with van der Waals surface area (Å²) in [6.45, 7) is 0. The average Bonchev–Trinajstić information content (AvgIpc) is 3.15. The van der Waals surface area contributed by atoms with Crippen molar-refractivity contribution in [2.24, 2.45) is 0 Å². The molecule has 12 heteroatoms. The molecule has 0 aromatic heterocycles. The molecule has 3 N–H and O–H groups in total. The molecule has 0 aliphatic rings. The number of hydrogen-bond acceptors (Lipinski definition) is 8. The molecule has 252 valence electrons. The van der Waals surface area contributed by atoms with Crippen molar-refractivity contribution < 1.29 is 28.8 Å². The van der Waals surface area contributed by atoms with E-state index in [4.69, 9.17) is 9.47 Å². The van der Waals surface area contributed by atoms with Gasteiger partial charge < -0.3 is 25.4 Å². The Morgan fingerprint density at radius 2 is 1.38 bits per heavy atom. The van der Waals surface area contributed by atoms with Crippen molar-refractivity contribution in [2.45, 2.75) is 10.1 Å². The van der Waals surface area contributed by atoms with Crippen LogP contribution in [-0.4, -0.2) is 36.9 Å². The zero-order valence-electron chi connectivity index (χ0n) is 27.0. The molecule has 0 bridgehead atoms. The summed E-state index contributed by atoms with van der Waals surface area (Å²) in [4.78, 5) is 51.5. The highest BCUT2D eigenvalue weighted by molar-refractivity contribution is 8.00. The van der Waals surface area contributed by atoms with Crippen LogP contribution in [0.5, 0.6) is 11.5 Å². The van der Waals surface area contributed by atoms with Gasteiger partial charge in [0.25, 0.3) is 17.5 Å². The second kappa shape index (κ2) is 16.6. The molecule has 0 fully saturated rings. The van der Waals surface area contributed by atoms with Crippen LogP contribution in [0.1, 0.15) is 26.7 Å². The zero-order valence-corrected chi connectivity index (χ0v) is 27.8. The fourth-order valence-electron chi connectivity index (χ4n) is 4.78. The van der Waals surface area contributed by atoms with Gasteiger partial charge in [0.2, 0.25) is 5.91 Å². The number of non-ortho nitro benzene ring substituents is 1. The maximum atomic E-state index is 13.6. The van der Waals surface area contributed by atoms with E-state index in [0.29, 0.717) is 34.0 Å². The molecule has 50 heavy (non-hydrogen) atoms. The largest absolute Gasteiger partial charge is 0.497 e. The Bertz CT molecular complexity index is 2000. The lowest BCUT2D eigenvalue weighted by molar-refractivity contribution is -0.384. The summed E-state index contributed by atoms with van der Waals surface area (Å²) in [6, 6.07) is 35.4. The third kappa shape index (κ3) is 9.14.